The maximum atomic E-state index is 13.1. The van der Waals surface area contributed by atoms with Gasteiger partial charge in [0.25, 0.3) is 0 Å². The van der Waals surface area contributed by atoms with Gasteiger partial charge in [0.1, 0.15) is 0 Å². The quantitative estimate of drug-likeness (QED) is 0.695. The van der Waals surface area contributed by atoms with E-state index in [1.807, 2.05) is 54.3 Å². The fourth-order valence-corrected chi connectivity index (χ4v) is 3.65. The number of benzene rings is 1. The van der Waals surface area contributed by atoms with Crippen LogP contribution >= 0.6 is 12.4 Å². The second-order valence-electron chi connectivity index (χ2n) is 7.47. The van der Waals surface area contributed by atoms with E-state index in [-0.39, 0.29) is 43.0 Å². The third-order valence-corrected chi connectivity index (χ3v) is 5.30. The number of aromatic nitrogens is 1. The molecule has 0 spiro atoms. The second-order valence-corrected chi connectivity index (χ2v) is 7.47. The Morgan fingerprint density at radius 1 is 1.07 bits per heavy atom. The first-order chi connectivity index (χ1) is 13.6. The van der Waals surface area contributed by atoms with Gasteiger partial charge in [-0.25, -0.2) is 0 Å². The summed E-state index contributed by atoms with van der Waals surface area (Å²) in [4.78, 5) is 31.9. The van der Waals surface area contributed by atoms with Crippen molar-refractivity contribution in [3.05, 3.63) is 65.5 Å². The molecule has 1 aliphatic rings. The first kappa shape index (κ1) is 23.0. The average Bonchev–Trinajstić information content (AvgIpc) is 3.00. The lowest BCUT2D eigenvalue weighted by Crippen LogP contribution is -2.40. The van der Waals surface area contributed by atoms with Gasteiger partial charge in [0.15, 0.2) is 5.78 Å². The highest BCUT2D eigenvalue weighted by atomic mass is 35.5. The van der Waals surface area contributed by atoms with E-state index in [1.165, 1.54) is 0 Å². The van der Waals surface area contributed by atoms with E-state index in [0.29, 0.717) is 12.1 Å². The van der Waals surface area contributed by atoms with E-state index >= 15 is 0 Å². The highest BCUT2D eigenvalue weighted by Crippen LogP contribution is 2.19. The van der Waals surface area contributed by atoms with Gasteiger partial charge >= 0.3 is 0 Å². The van der Waals surface area contributed by atoms with Crippen molar-refractivity contribution in [1.29, 1.82) is 0 Å². The van der Waals surface area contributed by atoms with Crippen molar-refractivity contribution in [3.63, 3.8) is 0 Å². The fourth-order valence-electron chi connectivity index (χ4n) is 3.65. The van der Waals surface area contributed by atoms with Gasteiger partial charge in [-0.3, -0.25) is 14.6 Å². The maximum Gasteiger partial charge on any atom is 0.223 e. The van der Waals surface area contributed by atoms with Crippen LogP contribution in [0.4, 0.5) is 0 Å². The van der Waals surface area contributed by atoms with Crippen molar-refractivity contribution in [2.45, 2.75) is 51.6 Å². The molecule has 3 rings (SSSR count). The van der Waals surface area contributed by atoms with E-state index < -0.39 is 0 Å². The van der Waals surface area contributed by atoms with Gasteiger partial charge in [0.05, 0.1) is 12.2 Å². The molecular formula is C23H30ClN3O2. The Bertz CT molecular complexity index is 772. The van der Waals surface area contributed by atoms with Crippen molar-refractivity contribution >= 4 is 24.1 Å². The summed E-state index contributed by atoms with van der Waals surface area (Å²) < 4.78 is 0. The minimum absolute atomic E-state index is 0. The monoisotopic (exact) mass is 415 g/mol. The number of carbonyl (C=O) groups excluding carboxylic acids is 2. The molecule has 1 fully saturated rings. The molecule has 1 aromatic heterocycles. The summed E-state index contributed by atoms with van der Waals surface area (Å²) >= 11 is 0. The first-order valence-corrected chi connectivity index (χ1v) is 10.1. The van der Waals surface area contributed by atoms with Crippen molar-refractivity contribution in [1.82, 2.24) is 15.2 Å². The van der Waals surface area contributed by atoms with Crippen LogP contribution in [-0.2, 0) is 11.3 Å². The molecule has 1 unspecified atom stereocenters. The number of hydrogen-bond acceptors (Lipinski definition) is 4. The summed E-state index contributed by atoms with van der Waals surface area (Å²) in [7, 11) is 0. The normalized spacial score (nSPS) is 16.4. The largest absolute Gasteiger partial charge is 0.334 e. The fraction of sp³-hybridized carbons (Fsp3) is 0.435. The lowest BCUT2D eigenvalue weighted by Gasteiger charge is -2.31. The molecule has 6 heteroatoms. The third kappa shape index (κ3) is 6.94. The van der Waals surface area contributed by atoms with Gasteiger partial charge in [0, 0.05) is 30.6 Å². The molecule has 1 aromatic carbocycles. The van der Waals surface area contributed by atoms with Crippen LogP contribution in [-0.4, -0.2) is 40.7 Å². The SMILES string of the molecule is Cc1ccc(C(=O)CCC(=O)N(Cc2ccccn2)C2CCCNCC2)cc1.Cl. The summed E-state index contributed by atoms with van der Waals surface area (Å²) in [6.45, 7) is 4.41. The molecule has 2 aromatic rings. The molecule has 0 saturated carbocycles. The van der Waals surface area contributed by atoms with Crippen LogP contribution in [0.2, 0.25) is 0 Å². The summed E-state index contributed by atoms with van der Waals surface area (Å²) in [5, 5.41) is 3.40. The molecular weight excluding hydrogens is 386 g/mol. The van der Waals surface area contributed by atoms with E-state index in [2.05, 4.69) is 10.3 Å². The van der Waals surface area contributed by atoms with Gasteiger partial charge in [0.2, 0.25) is 5.91 Å². The minimum atomic E-state index is 0. The van der Waals surface area contributed by atoms with E-state index in [4.69, 9.17) is 0 Å². The molecule has 1 amide bonds. The van der Waals surface area contributed by atoms with Crippen LogP contribution in [0.3, 0.4) is 0 Å². The zero-order chi connectivity index (χ0) is 19.8. The Labute approximate surface area is 179 Å². The Hall–Kier alpha value is -2.24. The molecule has 1 aliphatic heterocycles. The molecule has 29 heavy (non-hydrogen) atoms. The van der Waals surface area contributed by atoms with E-state index in [1.54, 1.807) is 6.20 Å². The van der Waals surface area contributed by atoms with Crippen LogP contribution < -0.4 is 5.32 Å². The average molecular weight is 416 g/mol. The van der Waals surface area contributed by atoms with Crippen LogP contribution in [0.15, 0.2) is 48.7 Å². The summed E-state index contributed by atoms with van der Waals surface area (Å²) in [6.07, 6.45) is 5.21. The number of ketones is 1. The minimum Gasteiger partial charge on any atom is -0.334 e. The number of aryl methyl sites for hydroxylation is 1. The van der Waals surface area contributed by atoms with Crippen LogP contribution in [0, 0.1) is 6.92 Å². The molecule has 2 heterocycles. The molecule has 0 radical (unpaired) electrons. The standard InChI is InChI=1S/C23H29N3O2.ClH/c1-18-7-9-19(10-8-18)22(27)11-12-23(28)26(17-20-5-2-3-15-25-20)21-6-4-14-24-16-13-21;/h2-3,5,7-10,15,21,24H,4,6,11-14,16-17H2,1H3;1H. The summed E-state index contributed by atoms with van der Waals surface area (Å²) in [5.74, 6) is 0.0617. The van der Waals surface area contributed by atoms with Crippen molar-refractivity contribution in [3.8, 4) is 0 Å². The zero-order valence-corrected chi connectivity index (χ0v) is 17.8. The lowest BCUT2D eigenvalue weighted by molar-refractivity contribution is -0.134. The topological polar surface area (TPSA) is 62.3 Å². The van der Waals surface area contributed by atoms with Crippen LogP contribution in [0.5, 0.6) is 0 Å². The Morgan fingerprint density at radius 3 is 2.59 bits per heavy atom. The van der Waals surface area contributed by atoms with E-state index in [9.17, 15) is 9.59 Å². The zero-order valence-electron chi connectivity index (χ0n) is 17.0. The van der Waals surface area contributed by atoms with Gasteiger partial charge in [-0.15, -0.1) is 12.4 Å². The van der Waals surface area contributed by atoms with Crippen molar-refractivity contribution < 1.29 is 9.59 Å². The molecule has 0 bridgehead atoms. The first-order valence-electron chi connectivity index (χ1n) is 10.1. The van der Waals surface area contributed by atoms with Gasteiger partial charge in [-0.2, -0.15) is 0 Å². The van der Waals surface area contributed by atoms with E-state index in [0.717, 1.165) is 43.6 Å². The number of halogens is 1. The Balaban J connectivity index is 0.00000300. The molecule has 1 saturated heterocycles. The molecule has 1 N–H and O–H groups in total. The number of nitrogens with zero attached hydrogens (tertiary/aromatic N) is 2. The second kappa shape index (κ2) is 11.7. The number of Topliss-reactive ketones (excluding diaryl/α,β-unsaturated/α-hetero) is 1. The maximum absolute atomic E-state index is 13.1. The van der Waals surface area contributed by atoms with Crippen molar-refractivity contribution in [2.75, 3.05) is 13.1 Å². The van der Waals surface area contributed by atoms with Gasteiger partial charge in [-0.05, 0) is 51.4 Å². The number of nitrogens with one attached hydrogen (secondary N) is 1. The van der Waals surface area contributed by atoms with Gasteiger partial charge < -0.3 is 10.2 Å². The molecule has 0 aliphatic carbocycles. The smallest absolute Gasteiger partial charge is 0.223 e. The Kier molecular flexibility index (Phi) is 9.29. The number of pyridine rings is 1. The lowest BCUT2D eigenvalue weighted by atomic mass is 10.0. The number of hydrogen-bond donors (Lipinski definition) is 1. The summed E-state index contributed by atoms with van der Waals surface area (Å²) in [5.41, 5.74) is 2.68. The van der Waals surface area contributed by atoms with Crippen LogP contribution in [0.1, 0.15) is 53.7 Å². The predicted octanol–water partition coefficient (Wildman–Crippen LogP) is 3.95. The number of rotatable bonds is 7. The highest BCUT2D eigenvalue weighted by Gasteiger charge is 2.25. The van der Waals surface area contributed by atoms with Crippen molar-refractivity contribution in [2.24, 2.45) is 0 Å². The van der Waals surface area contributed by atoms with Gasteiger partial charge in [-0.1, -0.05) is 35.9 Å². The third-order valence-electron chi connectivity index (χ3n) is 5.30. The highest BCUT2D eigenvalue weighted by molar-refractivity contribution is 5.98. The molecule has 156 valence electrons. The number of amides is 1. The molecule has 1 atom stereocenters. The van der Waals surface area contributed by atoms with Crippen LogP contribution in [0.25, 0.3) is 0 Å². The predicted molar refractivity (Wildman–Crippen MR) is 117 cm³/mol. The molecule has 5 nitrogen and oxygen atoms in total. The Morgan fingerprint density at radius 2 is 1.86 bits per heavy atom. The number of carbonyl (C=O) groups is 2. The summed E-state index contributed by atoms with van der Waals surface area (Å²) in [6, 6.07) is 13.5.